The summed E-state index contributed by atoms with van der Waals surface area (Å²) < 4.78 is 38.2. The standard InChI is InChI=1S/C13H9ClF3N3S/c14-9-2-1-7(13(15,16)17)5-10(9)20-11-6-19-4-3-8(11)12(18)21/h1-6,20H,(H2,18,21). The summed E-state index contributed by atoms with van der Waals surface area (Å²) in [5.74, 6) is 0. The SMILES string of the molecule is NC(=S)c1ccncc1Nc1cc(C(F)(F)F)ccc1Cl. The summed E-state index contributed by atoms with van der Waals surface area (Å²) in [4.78, 5) is 3.98. The summed E-state index contributed by atoms with van der Waals surface area (Å²) in [6, 6.07) is 4.56. The zero-order chi connectivity index (χ0) is 15.6. The van der Waals surface area contributed by atoms with Gasteiger partial charge in [0.2, 0.25) is 0 Å². The number of halogens is 4. The molecule has 3 N–H and O–H groups in total. The van der Waals surface area contributed by atoms with Crippen molar-refractivity contribution in [2.45, 2.75) is 6.18 Å². The summed E-state index contributed by atoms with van der Waals surface area (Å²) in [5.41, 5.74) is 5.69. The summed E-state index contributed by atoms with van der Waals surface area (Å²) in [7, 11) is 0. The minimum Gasteiger partial charge on any atom is -0.389 e. The molecule has 2 rings (SSSR count). The van der Waals surface area contributed by atoms with Gasteiger partial charge in [-0.2, -0.15) is 13.2 Å². The Hall–Kier alpha value is -1.86. The lowest BCUT2D eigenvalue weighted by atomic mass is 10.1. The molecule has 0 fully saturated rings. The molecule has 0 amide bonds. The van der Waals surface area contributed by atoms with E-state index in [0.717, 1.165) is 12.1 Å². The molecule has 0 saturated heterocycles. The second-order valence-electron chi connectivity index (χ2n) is 4.10. The minimum atomic E-state index is -4.46. The number of rotatable bonds is 3. The molecule has 0 spiro atoms. The van der Waals surface area contributed by atoms with E-state index in [-0.39, 0.29) is 15.7 Å². The number of benzene rings is 1. The predicted molar refractivity (Wildman–Crippen MR) is 79.9 cm³/mol. The largest absolute Gasteiger partial charge is 0.416 e. The van der Waals surface area contributed by atoms with Crippen LogP contribution in [0.3, 0.4) is 0 Å². The first kappa shape index (κ1) is 15.5. The van der Waals surface area contributed by atoms with Crippen LogP contribution in [0.25, 0.3) is 0 Å². The van der Waals surface area contributed by atoms with Crippen LogP contribution in [0.15, 0.2) is 36.7 Å². The smallest absolute Gasteiger partial charge is 0.389 e. The van der Waals surface area contributed by atoms with Crippen molar-refractivity contribution in [3.05, 3.63) is 52.8 Å². The van der Waals surface area contributed by atoms with Gasteiger partial charge >= 0.3 is 6.18 Å². The number of nitrogens with one attached hydrogen (secondary N) is 1. The van der Waals surface area contributed by atoms with E-state index >= 15 is 0 Å². The van der Waals surface area contributed by atoms with Gasteiger partial charge in [-0.15, -0.1) is 0 Å². The number of hydrogen-bond donors (Lipinski definition) is 2. The van der Waals surface area contributed by atoms with Crippen LogP contribution in [0.5, 0.6) is 0 Å². The monoisotopic (exact) mass is 331 g/mol. The first-order valence-corrected chi connectivity index (χ1v) is 6.45. The maximum absolute atomic E-state index is 12.7. The van der Waals surface area contributed by atoms with Crippen molar-refractivity contribution in [2.75, 3.05) is 5.32 Å². The number of alkyl halides is 3. The molecule has 1 heterocycles. The number of hydrogen-bond acceptors (Lipinski definition) is 3. The van der Waals surface area contributed by atoms with Crippen LogP contribution in [0, 0.1) is 0 Å². The van der Waals surface area contributed by atoms with Gasteiger partial charge in [0.15, 0.2) is 0 Å². The highest BCUT2D eigenvalue weighted by atomic mass is 35.5. The Kier molecular flexibility index (Phi) is 4.34. The third-order valence-corrected chi connectivity index (χ3v) is 3.20. The molecule has 0 aliphatic heterocycles. The van der Waals surface area contributed by atoms with E-state index in [1.165, 1.54) is 18.5 Å². The summed E-state index contributed by atoms with van der Waals surface area (Å²) in [6.45, 7) is 0. The zero-order valence-corrected chi connectivity index (χ0v) is 12.0. The fourth-order valence-corrected chi connectivity index (χ4v) is 1.99. The molecule has 0 bridgehead atoms. The molecule has 0 aliphatic carbocycles. The van der Waals surface area contributed by atoms with Gasteiger partial charge in [-0.05, 0) is 24.3 Å². The molecule has 21 heavy (non-hydrogen) atoms. The number of pyridine rings is 1. The first-order valence-electron chi connectivity index (χ1n) is 5.66. The lowest BCUT2D eigenvalue weighted by molar-refractivity contribution is -0.137. The molecule has 1 aromatic carbocycles. The van der Waals surface area contributed by atoms with Crippen LogP contribution < -0.4 is 11.1 Å². The number of anilines is 2. The lowest BCUT2D eigenvalue weighted by Crippen LogP contribution is -2.12. The van der Waals surface area contributed by atoms with Crippen molar-refractivity contribution in [3.8, 4) is 0 Å². The minimum absolute atomic E-state index is 0.0944. The third-order valence-electron chi connectivity index (χ3n) is 2.65. The fourth-order valence-electron chi connectivity index (χ4n) is 1.65. The molecule has 8 heteroatoms. The Labute approximate surface area is 128 Å². The van der Waals surface area contributed by atoms with Crippen molar-refractivity contribution in [3.63, 3.8) is 0 Å². The van der Waals surface area contributed by atoms with Gasteiger partial charge < -0.3 is 11.1 Å². The van der Waals surface area contributed by atoms with Gasteiger partial charge in [0.25, 0.3) is 0 Å². The molecule has 110 valence electrons. The van der Waals surface area contributed by atoms with Crippen LogP contribution in [0.2, 0.25) is 5.02 Å². The third kappa shape index (κ3) is 3.62. The molecule has 0 radical (unpaired) electrons. The van der Waals surface area contributed by atoms with E-state index in [9.17, 15) is 13.2 Å². The second kappa shape index (κ2) is 5.87. The Morgan fingerprint density at radius 3 is 2.57 bits per heavy atom. The van der Waals surface area contributed by atoms with Crippen LogP contribution in [-0.2, 0) is 6.18 Å². The molecule has 0 aliphatic rings. The van der Waals surface area contributed by atoms with Crippen LogP contribution >= 0.6 is 23.8 Å². The summed E-state index contributed by atoms with van der Waals surface area (Å²) in [6.07, 6.45) is -1.57. The molecular weight excluding hydrogens is 323 g/mol. The van der Waals surface area contributed by atoms with Gasteiger partial charge in [0, 0.05) is 11.8 Å². The maximum Gasteiger partial charge on any atom is 0.416 e. The summed E-state index contributed by atoms with van der Waals surface area (Å²) >= 11 is 10.8. The van der Waals surface area contributed by atoms with Gasteiger partial charge in [0.05, 0.1) is 28.2 Å². The van der Waals surface area contributed by atoms with E-state index in [4.69, 9.17) is 29.6 Å². The number of thiocarbonyl (C=S) groups is 1. The van der Waals surface area contributed by atoms with Crippen LogP contribution in [-0.4, -0.2) is 9.97 Å². The Morgan fingerprint density at radius 1 is 1.24 bits per heavy atom. The number of aromatic nitrogens is 1. The van der Waals surface area contributed by atoms with Crippen molar-refractivity contribution in [1.82, 2.24) is 4.98 Å². The highest BCUT2D eigenvalue weighted by Gasteiger charge is 2.31. The van der Waals surface area contributed by atoms with E-state index in [2.05, 4.69) is 10.3 Å². The zero-order valence-electron chi connectivity index (χ0n) is 10.4. The van der Waals surface area contributed by atoms with E-state index in [1.807, 2.05) is 0 Å². The van der Waals surface area contributed by atoms with E-state index < -0.39 is 11.7 Å². The molecule has 0 atom stereocenters. The Bertz CT molecular complexity index is 689. The molecule has 1 aromatic heterocycles. The van der Waals surface area contributed by atoms with Crippen LogP contribution in [0.4, 0.5) is 24.5 Å². The topological polar surface area (TPSA) is 50.9 Å². The number of nitrogens with two attached hydrogens (primary N) is 1. The highest BCUT2D eigenvalue weighted by Crippen LogP contribution is 2.35. The van der Waals surface area contributed by atoms with Gasteiger partial charge in [-0.25, -0.2) is 0 Å². The molecule has 0 unspecified atom stereocenters. The second-order valence-corrected chi connectivity index (χ2v) is 4.95. The quantitative estimate of drug-likeness (QED) is 0.830. The number of nitrogens with zero attached hydrogens (tertiary/aromatic N) is 1. The molecule has 3 nitrogen and oxygen atoms in total. The van der Waals surface area contributed by atoms with Gasteiger partial charge in [-0.1, -0.05) is 23.8 Å². The van der Waals surface area contributed by atoms with Crippen molar-refractivity contribution in [2.24, 2.45) is 5.73 Å². The lowest BCUT2D eigenvalue weighted by Gasteiger charge is -2.14. The maximum atomic E-state index is 12.7. The van der Waals surface area contributed by atoms with Crippen molar-refractivity contribution >= 4 is 40.2 Å². The highest BCUT2D eigenvalue weighted by molar-refractivity contribution is 7.80. The Morgan fingerprint density at radius 2 is 1.95 bits per heavy atom. The average molecular weight is 332 g/mol. The fraction of sp³-hybridized carbons (Fsp3) is 0.0769. The molecule has 2 aromatic rings. The molecular formula is C13H9ClF3N3S. The first-order chi connectivity index (χ1) is 9.79. The summed E-state index contributed by atoms with van der Waals surface area (Å²) in [5, 5.41) is 2.91. The van der Waals surface area contributed by atoms with E-state index in [0.29, 0.717) is 11.3 Å². The Balaban J connectivity index is 2.43. The van der Waals surface area contributed by atoms with E-state index in [1.54, 1.807) is 6.07 Å². The predicted octanol–water partition coefficient (Wildman–Crippen LogP) is 4.13. The van der Waals surface area contributed by atoms with Gasteiger partial charge in [-0.3, -0.25) is 4.98 Å². The normalized spacial score (nSPS) is 11.2. The average Bonchev–Trinajstić information content (AvgIpc) is 2.40. The van der Waals surface area contributed by atoms with Crippen molar-refractivity contribution in [1.29, 1.82) is 0 Å². The van der Waals surface area contributed by atoms with Crippen molar-refractivity contribution < 1.29 is 13.2 Å². The molecule has 0 saturated carbocycles. The van der Waals surface area contributed by atoms with Crippen LogP contribution in [0.1, 0.15) is 11.1 Å². The van der Waals surface area contributed by atoms with Gasteiger partial charge in [0.1, 0.15) is 4.99 Å².